The summed E-state index contributed by atoms with van der Waals surface area (Å²) in [6.07, 6.45) is 8.23. The van der Waals surface area contributed by atoms with Crippen molar-refractivity contribution < 1.29 is 14.3 Å². The standard InChI is InChI=1S/C19H21ClN4O3/c20-15-3-4-17(24-11-21-10-22-24)16(8-15)23-18(25)9-27-19(26)7-14-6-12-1-2-13(14)5-12/h3-4,8,10-14H,1-2,5-7,9H2,(H,23,25). The summed E-state index contributed by atoms with van der Waals surface area (Å²) in [5.41, 5.74) is 1.10. The van der Waals surface area contributed by atoms with Crippen LogP contribution in [0.1, 0.15) is 32.1 Å². The zero-order valence-electron chi connectivity index (χ0n) is 14.8. The molecule has 7 nitrogen and oxygen atoms in total. The van der Waals surface area contributed by atoms with Gasteiger partial charge in [0.1, 0.15) is 12.7 Å². The topological polar surface area (TPSA) is 86.1 Å². The number of aromatic nitrogens is 3. The maximum Gasteiger partial charge on any atom is 0.306 e. The average molecular weight is 389 g/mol. The van der Waals surface area contributed by atoms with E-state index in [1.54, 1.807) is 18.2 Å². The van der Waals surface area contributed by atoms with Crippen molar-refractivity contribution in [3.8, 4) is 5.69 Å². The first-order valence-electron chi connectivity index (χ1n) is 9.18. The summed E-state index contributed by atoms with van der Waals surface area (Å²) in [7, 11) is 0. The summed E-state index contributed by atoms with van der Waals surface area (Å²) in [6, 6.07) is 5.05. The van der Waals surface area contributed by atoms with Crippen LogP contribution in [-0.2, 0) is 14.3 Å². The minimum absolute atomic E-state index is 0.301. The van der Waals surface area contributed by atoms with Gasteiger partial charge in [0.2, 0.25) is 0 Å². The van der Waals surface area contributed by atoms with Crippen molar-refractivity contribution in [3.05, 3.63) is 35.9 Å². The van der Waals surface area contributed by atoms with E-state index in [0.717, 1.165) is 12.3 Å². The first kappa shape index (κ1) is 18.0. The highest BCUT2D eigenvalue weighted by molar-refractivity contribution is 6.31. The molecule has 27 heavy (non-hydrogen) atoms. The number of rotatable bonds is 6. The van der Waals surface area contributed by atoms with E-state index < -0.39 is 5.91 Å². The highest BCUT2D eigenvalue weighted by Gasteiger charge is 2.40. The van der Waals surface area contributed by atoms with Crippen molar-refractivity contribution in [1.82, 2.24) is 14.8 Å². The van der Waals surface area contributed by atoms with Crippen molar-refractivity contribution in [2.45, 2.75) is 32.1 Å². The van der Waals surface area contributed by atoms with E-state index in [0.29, 0.717) is 34.7 Å². The van der Waals surface area contributed by atoms with Gasteiger partial charge >= 0.3 is 5.97 Å². The number of esters is 1. The highest BCUT2D eigenvalue weighted by Crippen LogP contribution is 2.49. The number of carbonyl (C=O) groups excluding carboxylic acids is 2. The SMILES string of the molecule is O=C(COC(=O)CC1CC2CCC1C2)Nc1cc(Cl)ccc1-n1cncn1. The highest BCUT2D eigenvalue weighted by atomic mass is 35.5. The summed E-state index contributed by atoms with van der Waals surface area (Å²) >= 11 is 6.03. The molecule has 2 fully saturated rings. The molecule has 0 saturated heterocycles. The second-order valence-electron chi connectivity index (χ2n) is 7.35. The number of ether oxygens (including phenoxy) is 1. The number of amides is 1. The lowest BCUT2D eigenvalue weighted by molar-refractivity contribution is -0.148. The van der Waals surface area contributed by atoms with Crippen molar-refractivity contribution in [2.75, 3.05) is 11.9 Å². The number of nitrogens with one attached hydrogen (secondary N) is 1. The van der Waals surface area contributed by atoms with Gasteiger partial charge in [-0.2, -0.15) is 5.10 Å². The quantitative estimate of drug-likeness (QED) is 0.768. The van der Waals surface area contributed by atoms with Gasteiger partial charge in [0.05, 0.1) is 11.4 Å². The molecule has 3 unspecified atom stereocenters. The molecule has 1 aromatic heterocycles. The van der Waals surface area contributed by atoms with Gasteiger partial charge in [0.15, 0.2) is 6.61 Å². The van der Waals surface area contributed by atoms with Crippen molar-refractivity contribution in [1.29, 1.82) is 0 Å². The number of hydrogen-bond donors (Lipinski definition) is 1. The van der Waals surface area contributed by atoms with Gasteiger partial charge in [0.25, 0.3) is 5.91 Å². The van der Waals surface area contributed by atoms with E-state index in [2.05, 4.69) is 15.4 Å². The summed E-state index contributed by atoms with van der Waals surface area (Å²) in [6.45, 7) is -0.317. The molecule has 1 amide bonds. The lowest BCUT2D eigenvalue weighted by Gasteiger charge is -2.20. The van der Waals surface area contributed by atoms with Crippen LogP contribution < -0.4 is 5.32 Å². The molecule has 1 N–H and O–H groups in total. The lowest BCUT2D eigenvalue weighted by Crippen LogP contribution is -2.23. The fourth-order valence-electron chi connectivity index (χ4n) is 4.37. The number of halogens is 1. The Labute approximate surface area is 162 Å². The molecule has 8 heteroatoms. The molecular weight excluding hydrogens is 368 g/mol. The van der Waals surface area contributed by atoms with Crippen LogP contribution in [0.4, 0.5) is 5.69 Å². The molecule has 2 bridgehead atoms. The second-order valence-corrected chi connectivity index (χ2v) is 7.79. The molecule has 0 radical (unpaired) electrons. The van der Waals surface area contributed by atoms with Crippen LogP contribution in [-0.4, -0.2) is 33.2 Å². The minimum Gasteiger partial charge on any atom is -0.456 e. The predicted molar refractivity (Wildman–Crippen MR) is 99.5 cm³/mol. The van der Waals surface area contributed by atoms with Crippen LogP contribution in [0.3, 0.4) is 0 Å². The Hall–Kier alpha value is -2.41. The van der Waals surface area contributed by atoms with E-state index in [1.807, 2.05) is 0 Å². The third-order valence-electron chi connectivity index (χ3n) is 5.58. The molecule has 2 aromatic rings. The van der Waals surface area contributed by atoms with Gasteiger partial charge in [-0.15, -0.1) is 0 Å². The molecule has 1 heterocycles. The fourth-order valence-corrected chi connectivity index (χ4v) is 4.54. The van der Waals surface area contributed by atoms with Gasteiger partial charge in [-0.05, 0) is 55.2 Å². The van der Waals surface area contributed by atoms with Crippen molar-refractivity contribution >= 4 is 29.2 Å². The summed E-state index contributed by atoms with van der Waals surface area (Å²) in [5.74, 6) is 1.15. The monoisotopic (exact) mass is 388 g/mol. The molecule has 0 aliphatic heterocycles. The number of nitrogens with zero attached hydrogens (tertiary/aromatic N) is 3. The third kappa shape index (κ3) is 4.13. The van der Waals surface area contributed by atoms with Crippen LogP contribution in [0.5, 0.6) is 0 Å². The van der Waals surface area contributed by atoms with Crippen LogP contribution in [0.15, 0.2) is 30.9 Å². The Kier molecular flexibility index (Phi) is 5.11. The van der Waals surface area contributed by atoms with E-state index in [4.69, 9.17) is 16.3 Å². The Bertz CT molecular complexity index is 839. The summed E-state index contributed by atoms with van der Waals surface area (Å²) in [4.78, 5) is 28.2. The molecular formula is C19H21ClN4O3. The predicted octanol–water partition coefficient (Wildman–Crippen LogP) is 3.23. The maximum atomic E-state index is 12.2. The Morgan fingerprint density at radius 1 is 1.30 bits per heavy atom. The average Bonchev–Trinajstić information content (AvgIpc) is 3.38. The summed E-state index contributed by atoms with van der Waals surface area (Å²) in [5, 5.41) is 7.26. The Morgan fingerprint density at radius 3 is 2.89 bits per heavy atom. The number of carbonyl (C=O) groups is 2. The van der Waals surface area contributed by atoms with E-state index >= 15 is 0 Å². The molecule has 142 valence electrons. The van der Waals surface area contributed by atoms with Crippen LogP contribution in [0, 0.1) is 17.8 Å². The number of hydrogen-bond acceptors (Lipinski definition) is 5. The molecule has 4 rings (SSSR count). The third-order valence-corrected chi connectivity index (χ3v) is 5.81. The Morgan fingerprint density at radius 2 is 2.19 bits per heavy atom. The number of benzene rings is 1. The van der Waals surface area contributed by atoms with Crippen LogP contribution >= 0.6 is 11.6 Å². The Balaban J connectivity index is 1.32. The van der Waals surface area contributed by atoms with Gasteiger partial charge in [-0.3, -0.25) is 9.59 Å². The molecule has 0 spiro atoms. The number of fused-ring (bicyclic) bond motifs is 2. The molecule has 2 aliphatic rings. The smallest absolute Gasteiger partial charge is 0.306 e. The van der Waals surface area contributed by atoms with Crippen LogP contribution in [0.25, 0.3) is 5.69 Å². The van der Waals surface area contributed by atoms with Crippen molar-refractivity contribution in [2.24, 2.45) is 17.8 Å². The van der Waals surface area contributed by atoms with E-state index in [9.17, 15) is 9.59 Å². The van der Waals surface area contributed by atoms with Gasteiger partial charge in [-0.25, -0.2) is 9.67 Å². The van der Waals surface area contributed by atoms with Crippen molar-refractivity contribution in [3.63, 3.8) is 0 Å². The number of anilines is 1. The lowest BCUT2D eigenvalue weighted by atomic mass is 9.86. The fraction of sp³-hybridized carbons (Fsp3) is 0.474. The van der Waals surface area contributed by atoms with Gasteiger partial charge in [-0.1, -0.05) is 18.0 Å². The van der Waals surface area contributed by atoms with E-state index in [-0.39, 0.29) is 12.6 Å². The molecule has 3 atom stereocenters. The zero-order valence-corrected chi connectivity index (χ0v) is 15.6. The molecule has 1 aromatic carbocycles. The minimum atomic E-state index is -0.417. The molecule has 2 aliphatic carbocycles. The van der Waals surface area contributed by atoms with Gasteiger partial charge < -0.3 is 10.1 Å². The van der Waals surface area contributed by atoms with Crippen LogP contribution in [0.2, 0.25) is 5.02 Å². The first-order chi connectivity index (χ1) is 13.1. The largest absolute Gasteiger partial charge is 0.456 e. The molecule has 2 saturated carbocycles. The van der Waals surface area contributed by atoms with Gasteiger partial charge in [0, 0.05) is 11.4 Å². The van der Waals surface area contributed by atoms with E-state index in [1.165, 1.54) is 36.6 Å². The second kappa shape index (κ2) is 7.68. The summed E-state index contributed by atoms with van der Waals surface area (Å²) < 4.78 is 6.71. The maximum absolute atomic E-state index is 12.2. The normalized spacial score (nSPS) is 23.4. The zero-order chi connectivity index (χ0) is 18.8. The first-order valence-corrected chi connectivity index (χ1v) is 9.56.